The minimum absolute atomic E-state index is 0.0281. The van der Waals surface area contributed by atoms with E-state index in [9.17, 15) is 14.0 Å². The van der Waals surface area contributed by atoms with Crippen LogP contribution in [-0.2, 0) is 9.59 Å². The van der Waals surface area contributed by atoms with E-state index in [1.54, 1.807) is 36.4 Å². The molecule has 1 fully saturated rings. The normalized spacial score (nSPS) is 17.9. The monoisotopic (exact) mass is 318 g/mol. The number of nitrogens with one attached hydrogen (secondary N) is 1. The molecule has 1 heterocycles. The molecular formula is C16H12ClFN2O2. The fourth-order valence-corrected chi connectivity index (χ4v) is 2.58. The van der Waals surface area contributed by atoms with E-state index in [-0.39, 0.29) is 18.0 Å². The van der Waals surface area contributed by atoms with Gasteiger partial charge in [-0.2, -0.15) is 0 Å². The van der Waals surface area contributed by atoms with Gasteiger partial charge >= 0.3 is 0 Å². The third-order valence-corrected chi connectivity index (χ3v) is 3.65. The Morgan fingerprint density at radius 3 is 2.64 bits per heavy atom. The lowest BCUT2D eigenvalue weighted by molar-refractivity contribution is -0.121. The molecule has 1 saturated heterocycles. The predicted octanol–water partition coefficient (Wildman–Crippen LogP) is 3.22. The summed E-state index contributed by atoms with van der Waals surface area (Å²) in [6, 6.07) is 11.7. The van der Waals surface area contributed by atoms with Gasteiger partial charge in [-0.3, -0.25) is 9.59 Å². The van der Waals surface area contributed by atoms with Crippen LogP contribution < -0.4 is 10.2 Å². The largest absolute Gasteiger partial charge is 0.371 e. The maximum Gasteiger partial charge on any atom is 0.256 e. The SMILES string of the molecule is O=C1C[C@@H](Nc2ccccc2F)C(=O)N1c1cccc(Cl)c1. The predicted molar refractivity (Wildman–Crippen MR) is 82.4 cm³/mol. The Hall–Kier alpha value is -2.40. The van der Waals surface area contributed by atoms with Crippen LogP contribution in [0.15, 0.2) is 48.5 Å². The maximum absolute atomic E-state index is 13.7. The molecule has 2 aromatic rings. The van der Waals surface area contributed by atoms with Gasteiger partial charge < -0.3 is 5.32 Å². The van der Waals surface area contributed by atoms with Crippen LogP contribution in [0.1, 0.15) is 6.42 Å². The molecule has 0 saturated carbocycles. The van der Waals surface area contributed by atoms with Crippen molar-refractivity contribution in [2.75, 3.05) is 10.2 Å². The molecule has 1 aliphatic rings. The number of carbonyl (C=O) groups is 2. The van der Waals surface area contributed by atoms with E-state index >= 15 is 0 Å². The number of imide groups is 1. The first-order valence-electron chi connectivity index (χ1n) is 6.69. The van der Waals surface area contributed by atoms with Gasteiger partial charge in [0.25, 0.3) is 5.91 Å². The standard InChI is InChI=1S/C16H12ClFN2O2/c17-10-4-3-5-11(8-10)20-15(21)9-14(16(20)22)19-13-7-2-1-6-12(13)18/h1-8,14,19H,9H2/t14-/m1/s1. The topological polar surface area (TPSA) is 49.4 Å². The molecular weight excluding hydrogens is 307 g/mol. The van der Waals surface area contributed by atoms with Crippen molar-refractivity contribution in [1.82, 2.24) is 0 Å². The maximum atomic E-state index is 13.7. The van der Waals surface area contributed by atoms with Gasteiger partial charge in [0.2, 0.25) is 5.91 Å². The lowest BCUT2D eigenvalue weighted by Crippen LogP contribution is -2.34. The van der Waals surface area contributed by atoms with Gasteiger partial charge in [-0.15, -0.1) is 0 Å². The zero-order valence-corrected chi connectivity index (χ0v) is 12.2. The van der Waals surface area contributed by atoms with Gasteiger partial charge in [-0.1, -0.05) is 29.8 Å². The van der Waals surface area contributed by atoms with Crippen LogP contribution in [0.3, 0.4) is 0 Å². The summed E-state index contributed by atoms with van der Waals surface area (Å²) in [6.07, 6.45) is -0.0281. The van der Waals surface area contributed by atoms with Gasteiger partial charge in [0.15, 0.2) is 0 Å². The fraction of sp³-hybridized carbons (Fsp3) is 0.125. The summed E-state index contributed by atoms with van der Waals surface area (Å²) in [5, 5.41) is 3.22. The van der Waals surface area contributed by atoms with E-state index < -0.39 is 17.8 Å². The number of amides is 2. The Kier molecular flexibility index (Phi) is 3.81. The summed E-state index contributed by atoms with van der Waals surface area (Å²) in [5.74, 6) is -1.24. The molecule has 0 spiro atoms. The molecule has 0 unspecified atom stereocenters. The average Bonchev–Trinajstić information content (AvgIpc) is 2.76. The summed E-state index contributed by atoms with van der Waals surface area (Å²) in [6.45, 7) is 0. The van der Waals surface area contributed by atoms with Crippen LogP contribution in [0.5, 0.6) is 0 Å². The van der Waals surface area contributed by atoms with Crippen molar-refractivity contribution in [3.63, 3.8) is 0 Å². The highest BCUT2D eigenvalue weighted by Gasteiger charge is 2.39. The number of benzene rings is 2. The van der Waals surface area contributed by atoms with Crippen molar-refractivity contribution < 1.29 is 14.0 Å². The second-order valence-corrected chi connectivity index (χ2v) is 5.36. The van der Waals surface area contributed by atoms with Crippen LogP contribution >= 0.6 is 11.6 Å². The van der Waals surface area contributed by atoms with Crippen LogP contribution in [0.4, 0.5) is 15.8 Å². The highest BCUT2D eigenvalue weighted by atomic mass is 35.5. The van der Waals surface area contributed by atoms with Crippen molar-refractivity contribution in [3.05, 3.63) is 59.4 Å². The van der Waals surface area contributed by atoms with Crippen LogP contribution in [-0.4, -0.2) is 17.9 Å². The highest BCUT2D eigenvalue weighted by molar-refractivity contribution is 6.31. The Morgan fingerprint density at radius 2 is 1.91 bits per heavy atom. The van der Waals surface area contributed by atoms with Crippen molar-refractivity contribution in [2.45, 2.75) is 12.5 Å². The lowest BCUT2D eigenvalue weighted by Gasteiger charge is -2.16. The third-order valence-electron chi connectivity index (χ3n) is 3.42. The number of halogens is 2. The zero-order chi connectivity index (χ0) is 15.7. The fourth-order valence-electron chi connectivity index (χ4n) is 2.40. The highest BCUT2D eigenvalue weighted by Crippen LogP contribution is 2.27. The Morgan fingerprint density at radius 1 is 1.14 bits per heavy atom. The molecule has 1 atom stereocenters. The van der Waals surface area contributed by atoms with Crippen molar-refractivity contribution in [2.24, 2.45) is 0 Å². The molecule has 0 aliphatic carbocycles. The first-order chi connectivity index (χ1) is 10.6. The Bertz CT molecular complexity index is 750. The molecule has 3 rings (SSSR count). The Labute approximate surface area is 131 Å². The van der Waals surface area contributed by atoms with E-state index in [2.05, 4.69) is 5.32 Å². The van der Waals surface area contributed by atoms with Gasteiger partial charge in [0.1, 0.15) is 11.9 Å². The van der Waals surface area contributed by atoms with Crippen molar-refractivity contribution in [3.8, 4) is 0 Å². The van der Waals surface area contributed by atoms with E-state index in [0.717, 1.165) is 4.90 Å². The number of carbonyl (C=O) groups excluding carboxylic acids is 2. The molecule has 0 aromatic heterocycles. The first-order valence-corrected chi connectivity index (χ1v) is 7.07. The summed E-state index contributed by atoms with van der Waals surface area (Å²) in [7, 11) is 0. The lowest BCUT2D eigenvalue weighted by atomic mass is 10.2. The molecule has 0 bridgehead atoms. The summed E-state index contributed by atoms with van der Waals surface area (Å²) < 4.78 is 13.7. The molecule has 22 heavy (non-hydrogen) atoms. The quantitative estimate of drug-likeness (QED) is 0.884. The summed E-state index contributed by atoms with van der Waals surface area (Å²) in [4.78, 5) is 25.6. The number of rotatable bonds is 3. The average molecular weight is 319 g/mol. The summed E-state index contributed by atoms with van der Waals surface area (Å²) in [5.41, 5.74) is 0.613. The number of hydrogen-bond donors (Lipinski definition) is 1. The van der Waals surface area contributed by atoms with E-state index in [0.29, 0.717) is 10.7 Å². The first kappa shape index (κ1) is 14.5. The number of nitrogens with zero attached hydrogens (tertiary/aromatic N) is 1. The van der Waals surface area contributed by atoms with E-state index in [4.69, 9.17) is 11.6 Å². The van der Waals surface area contributed by atoms with Gasteiger partial charge in [-0.05, 0) is 30.3 Å². The molecule has 2 amide bonds. The van der Waals surface area contributed by atoms with Gasteiger partial charge in [-0.25, -0.2) is 9.29 Å². The van der Waals surface area contributed by atoms with Crippen molar-refractivity contribution in [1.29, 1.82) is 0 Å². The Balaban J connectivity index is 1.84. The van der Waals surface area contributed by atoms with Crippen LogP contribution in [0.25, 0.3) is 0 Å². The summed E-state index contributed by atoms with van der Waals surface area (Å²) >= 11 is 5.89. The van der Waals surface area contributed by atoms with Crippen molar-refractivity contribution >= 4 is 34.8 Å². The molecule has 0 radical (unpaired) electrons. The van der Waals surface area contributed by atoms with Gasteiger partial charge in [0.05, 0.1) is 17.8 Å². The number of para-hydroxylation sites is 1. The molecule has 2 aromatic carbocycles. The second kappa shape index (κ2) is 5.77. The molecule has 1 N–H and O–H groups in total. The van der Waals surface area contributed by atoms with Gasteiger partial charge in [0, 0.05) is 5.02 Å². The minimum Gasteiger partial charge on any atom is -0.371 e. The number of anilines is 2. The molecule has 4 nitrogen and oxygen atoms in total. The smallest absolute Gasteiger partial charge is 0.256 e. The second-order valence-electron chi connectivity index (χ2n) is 4.93. The molecule has 112 valence electrons. The van der Waals surface area contributed by atoms with E-state index in [1.165, 1.54) is 12.1 Å². The molecule has 1 aliphatic heterocycles. The van der Waals surface area contributed by atoms with Crippen LogP contribution in [0, 0.1) is 5.82 Å². The third kappa shape index (κ3) is 2.67. The number of hydrogen-bond acceptors (Lipinski definition) is 3. The zero-order valence-electron chi connectivity index (χ0n) is 11.4. The minimum atomic E-state index is -0.789. The molecule has 6 heteroatoms. The van der Waals surface area contributed by atoms with Crippen LogP contribution in [0.2, 0.25) is 5.02 Å². The van der Waals surface area contributed by atoms with E-state index in [1.807, 2.05) is 0 Å².